The molecule has 0 spiro atoms. The molecule has 0 fully saturated rings. The maximum atomic E-state index is 13.0. The van der Waals surface area contributed by atoms with Gasteiger partial charge in [0.05, 0.1) is 43.1 Å². The number of rotatable bonds is 8. The quantitative estimate of drug-likeness (QED) is 0.541. The summed E-state index contributed by atoms with van der Waals surface area (Å²) < 4.78 is 41.8. The van der Waals surface area contributed by atoms with Gasteiger partial charge in [0.1, 0.15) is 0 Å². The predicted octanol–water partition coefficient (Wildman–Crippen LogP) is 3.00. The van der Waals surface area contributed by atoms with Crippen LogP contribution in [-0.2, 0) is 19.4 Å². The van der Waals surface area contributed by atoms with Crippen molar-refractivity contribution in [1.82, 2.24) is 10.6 Å². The third-order valence-electron chi connectivity index (χ3n) is 4.90. The molecule has 2 aromatic rings. The maximum absolute atomic E-state index is 13.0. The summed E-state index contributed by atoms with van der Waals surface area (Å²) in [6, 6.07) is 8.83. The zero-order valence-corrected chi connectivity index (χ0v) is 19.7. The van der Waals surface area contributed by atoms with Gasteiger partial charge in [0, 0.05) is 10.7 Å². The maximum Gasteiger partial charge on any atom is 0.338 e. The molecule has 33 heavy (non-hydrogen) atoms. The van der Waals surface area contributed by atoms with Crippen LogP contribution in [0.3, 0.4) is 0 Å². The van der Waals surface area contributed by atoms with E-state index in [-0.39, 0.29) is 22.8 Å². The molecule has 3 rings (SSSR count). The van der Waals surface area contributed by atoms with Crippen LogP contribution >= 0.6 is 11.6 Å². The summed E-state index contributed by atoms with van der Waals surface area (Å²) in [5.74, 6) is -0.555. The average Bonchev–Trinajstić information content (AvgIpc) is 2.78. The number of esters is 1. The molecule has 0 aromatic heterocycles. The van der Waals surface area contributed by atoms with E-state index in [0.29, 0.717) is 22.1 Å². The van der Waals surface area contributed by atoms with Crippen LogP contribution in [0.4, 0.5) is 4.79 Å². The second-order valence-corrected chi connectivity index (χ2v) is 9.40. The summed E-state index contributed by atoms with van der Waals surface area (Å²) in [5, 5.41) is 5.50. The van der Waals surface area contributed by atoms with Crippen LogP contribution in [0.25, 0.3) is 0 Å². The number of halogens is 1. The summed E-state index contributed by atoms with van der Waals surface area (Å²) in [6.45, 7) is 1.69. The van der Waals surface area contributed by atoms with Gasteiger partial charge >= 0.3 is 12.0 Å². The van der Waals surface area contributed by atoms with Gasteiger partial charge in [-0.05, 0) is 48.9 Å². The van der Waals surface area contributed by atoms with Crippen molar-refractivity contribution < 1.29 is 32.2 Å². The number of methoxy groups -OCH3 is 2. The second kappa shape index (κ2) is 10.1. The van der Waals surface area contributed by atoms with E-state index >= 15 is 0 Å². The molecule has 0 unspecified atom stereocenters. The van der Waals surface area contributed by atoms with Crippen LogP contribution in [0.5, 0.6) is 11.5 Å². The third kappa shape index (κ3) is 5.40. The Balaban J connectivity index is 2.12. The minimum absolute atomic E-state index is 0.00180. The molecule has 11 heteroatoms. The van der Waals surface area contributed by atoms with Crippen molar-refractivity contribution in [3.8, 4) is 11.5 Å². The van der Waals surface area contributed by atoms with Crippen molar-refractivity contribution in [2.24, 2.45) is 0 Å². The molecule has 1 aliphatic heterocycles. The van der Waals surface area contributed by atoms with E-state index in [2.05, 4.69) is 10.6 Å². The van der Waals surface area contributed by atoms with E-state index in [1.54, 1.807) is 25.1 Å². The highest BCUT2D eigenvalue weighted by Crippen LogP contribution is 2.35. The van der Waals surface area contributed by atoms with Gasteiger partial charge in [0.15, 0.2) is 21.3 Å². The number of carbonyl (C=O) groups is 2. The van der Waals surface area contributed by atoms with Crippen molar-refractivity contribution >= 4 is 33.4 Å². The van der Waals surface area contributed by atoms with Crippen molar-refractivity contribution in [1.29, 1.82) is 0 Å². The predicted molar refractivity (Wildman–Crippen MR) is 121 cm³/mol. The zero-order chi connectivity index (χ0) is 24.2. The van der Waals surface area contributed by atoms with Gasteiger partial charge in [0.2, 0.25) is 0 Å². The number of benzene rings is 2. The molecule has 0 bridgehead atoms. The van der Waals surface area contributed by atoms with Gasteiger partial charge in [-0.1, -0.05) is 17.7 Å². The van der Waals surface area contributed by atoms with Crippen LogP contribution in [0.2, 0.25) is 5.02 Å². The first-order chi connectivity index (χ1) is 15.7. The summed E-state index contributed by atoms with van der Waals surface area (Å²) >= 11 is 5.86. The molecule has 1 aliphatic rings. The van der Waals surface area contributed by atoms with E-state index in [0.717, 1.165) is 0 Å². The summed E-state index contributed by atoms with van der Waals surface area (Å²) in [7, 11) is -0.989. The molecule has 2 amide bonds. The van der Waals surface area contributed by atoms with Crippen LogP contribution in [0, 0.1) is 0 Å². The van der Waals surface area contributed by atoms with E-state index in [1.165, 1.54) is 38.5 Å². The molecule has 1 heterocycles. The number of sulfone groups is 1. The second-order valence-electron chi connectivity index (χ2n) is 6.97. The van der Waals surface area contributed by atoms with Crippen LogP contribution in [0.15, 0.2) is 58.6 Å². The SMILES string of the molecule is CCOC(=O)C1=C(CS(=O)(=O)c2ccc(Cl)cc2)NC(=O)N[C@@H]1c1ccc(OC)c(OC)c1. The smallest absolute Gasteiger partial charge is 0.338 e. The molecular formula is C22H23ClN2O7S. The Hall–Kier alpha value is -3.24. The minimum Gasteiger partial charge on any atom is -0.493 e. The lowest BCUT2D eigenvalue weighted by Crippen LogP contribution is -2.47. The highest BCUT2D eigenvalue weighted by Gasteiger charge is 2.36. The Morgan fingerprint density at radius 3 is 2.33 bits per heavy atom. The molecule has 176 valence electrons. The summed E-state index contributed by atoms with van der Waals surface area (Å²) in [4.78, 5) is 25.4. The number of hydrogen-bond donors (Lipinski definition) is 2. The van der Waals surface area contributed by atoms with Gasteiger partial charge in [-0.3, -0.25) is 0 Å². The Kier molecular flexibility index (Phi) is 7.50. The van der Waals surface area contributed by atoms with Gasteiger partial charge in [-0.2, -0.15) is 0 Å². The van der Waals surface area contributed by atoms with Crippen LogP contribution < -0.4 is 20.1 Å². The average molecular weight is 495 g/mol. The number of carbonyl (C=O) groups excluding carboxylic acids is 2. The number of ether oxygens (including phenoxy) is 3. The van der Waals surface area contributed by atoms with Gasteiger partial charge < -0.3 is 24.8 Å². The molecule has 9 nitrogen and oxygen atoms in total. The largest absolute Gasteiger partial charge is 0.493 e. The Morgan fingerprint density at radius 1 is 1.06 bits per heavy atom. The number of nitrogens with one attached hydrogen (secondary N) is 2. The van der Waals surface area contributed by atoms with Crippen molar-refractivity contribution in [3.63, 3.8) is 0 Å². The molecule has 0 aliphatic carbocycles. The molecule has 0 saturated carbocycles. The van der Waals surface area contributed by atoms with Crippen molar-refractivity contribution in [3.05, 3.63) is 64.3 Å². The first kappa shape index (κ1) is 24.4. The third-order valence-corrected chi connectivity index (χ3v) is 6.81. The lowest BCUT2D eigenvalue weighted by molar-refractivity contribution is -0.139. The van der Waals surface area contributed by atoms with Gasteiger partial charge in [0.25, 0.3) is 0 Å². The fourth-order valence-corrected chi connectivity index (χ4v) is 4.83. The Labute approximate surface area is 196 Å². The topological polar surface area (TPSA) is 120 Å². The van der Waals surface area contributed by atoms with E-state index in [4.69, 9.17) is 25.8 Å². The number of urea groups is 1. The fraction of sp³-hybridized carbons (Fsp3) is 0.273. The van der Waals surface area contributed by atoms with Gasteiger partial charge in [-0.25, -0.2) is 18.0 Å². The van der Waals surface area contributed by atoms with E-state index < -0.39 is 33.6 Å². The Bertz CT molecular complexity index is 1190. The van der Waals surface area contributed by atoms with Crippen molar-refractivity contribution in [2.45, 2.75) is 17.9 Å². The van der Waals surface area contributed by atoms with Gasteiger partial charge in [-0.15, -0.1) is 0 Å². The molecular weight excluding hydrogens is 472 g/mol. The summed E-state index contributed by atoms with van der Waals surface area (Å²) in [5.41, 5.74) is 0.375. The molecule has 0 radical (unpaired) electrons. The molecule has 2 N–H and O–H groups in total. The zero-order valence-electron chi connectivity index (χ0n) is 18.2. The monoisotopic (exact) mass is 494 g/mol. The first-order valence-electron chi connectivity index (χ1n) is 9.88. The minimum atomic E-state index is -3.92. The van der Waals surface area contributed by atoms with E-state index in [9.17, 15) is 18.0 Å². The first-order valence-corrected chi connectivity index (χ1v) is 11.9. The summed E-state index contributed by atoms with van der Waals surface area (Å²) in [6.07, 6.45) is 0. The van der Waals surface area contributed by atoms with E-state index in [1.807, 2.05) is 0 Å². The molecule has 2 aromatic carbocycles. The fourth-order valence-electron chi connectivity index (χ4n) is 3.38. The standard InChI is InChI=1S/C22H23ClN2O7S/c1-4-32-21(26)19-16(12-33(28,29)15-8-6-14(23)7-9-15)24-22(27)25-20(19)13-5-10-17(30-2)18(11-13)31-3/h5-11,20H,4,12H2,1-3H3,(H2,24,25,27)/t20-/m1/s1. The lowest BCUT2D eigenvalue weighted by atomic mass is 9.95. The highest BCUT2D eigenvalue weighted by atomic mass is 35.5. The highest BCUT2D eigenvalue weighted by molar-refractivity contribution is 7.91. The lowest BCUT2D eigenvalue weighted by Gasteiger charge is -2.29. The van der Waals surface area contributed by atoms with Crippen molar-refractivity contribution in [2.75, 3.05) is 26.6 Å². The molecule has 0 saturated heterocycles. The number of amides is 2. The number of hydrogen-bond acceptors (Lipinski definition) is 7. The van der Waals surface area contributed by atoms with Crippen LogP contribution in [-0.4, -0.2) is 47.0 Å². The van der Waals surface area contributed by atoms with Crippen LogP contribution in [0.1, 0.15) is 18.5 Å². The normalized spacial score (nSPS) is 16.0. The molecule has 1 atom stereocenters. The Morgan fingerprint density at radius 2 is 1.73 bits per heavy atom.